The predicted octanol–water partition coefficient (Wildman–Crippen LogP) is 8.90. The third kappa shape index (κ3) is 6.71. The van der Waals surface area contributed by atoms with Gasteiger partial charge in [-0.2, -0.15) is 8.78 Å². The fraction of sp³-hybridized carbons (Fsp3) is 0.467. The Morgan fingerprint density at radius 2 is 1.51 bits per heavy atom. The molecule has 37 heavy (non-hydrogen) atoms. The van der Waals surface area contributed by atoms with Crippen molar-refractivity contribution in [2.75, 3.05) is 0 Å². The first kappa shape index (κ1) is 27.2. The summed E-state index contributed by atoms with van der Waals surface area (Å²) in [7, 11) is 0. The highest BCUT2D eigenvalue weighted by Crippen LogP contribution is 2.48. The van der Waals surface area contributed by atoms with Gasteiger partial charge in [-0.15, -0.1) is 0 Å². The summed E-state index contributed by atoms with van der Waals surface area (Å²) in [6.07, 6.45) is 13.1. The van der Waals surface area contributed by atoms with Crippen molar-refractivity contribution in [1.29, 1.82) is 0 Å². The number of allylic oxidation sites excluding steroid dienone is 2. The molecule has 0 radical (unpaired) electrons. The molecule has 2 aromatic rings. The van der Waals surface area contributed by atoms with Crippen LogP contribution in [0.2, 0.25) is 0 Å². The maximum Gasteiger partial charge on any atom is 0.387 e. The van der Waals surface area contributed by atoms with Crippen LogP contribution in [0, 0.1) is 52.9 Å². The molecule has 7 heteroatoms. The van der Waals surface area contributed by atoms with Crippen molar-refractivity contribution in [2.45, 2.75) is 70.8 Å². The number of alkyl halides is 2. The van der Waals surface area contributed by atoms with Crippen LogP contribution in [-0.2, 0) is 0 Å². The van der Waals surface area contributed by atoms with Crippen LogP contribution in [0.3, 0.4) is 0 Å². The molecule has 4 rings (SSSR count). The van der Waals surface area contributed by atoms with Gasteiger partial charge >= 0.3 is 6.61 Å². The van der Waals surface area contributed by atoms with Crippen LogP contribution in [0.25, 0.3) is 0 Å². The summed E-state index contributed by atoms with van der Waals surface area (Å²) in [4.78, 5) is 0. The van der Waals surface area contributed by atoms with E-state index in [9.17, 15) is 26.3 Å². The number of hydrogen-bond donors (Lipinski definition) is 0. The number of hydrogen-bond acceptors (Lipinski definition) is 1. The lowest BCUT2D eigenvalue weighted by atomic mass is 9.63. The van der Waals surface area contributed by atoms with Gasteiger partial charge in [0.15, 0.2) is 17.4 Å². The van der Waals surface area contributed by atoms with Gasteiger partial charge < -0.3 is 4.74 Å². The Bertz CT molecular complexity index is 1150. The van der Waals surface area contributed by atoms with Gasteiger partial charge in [0.05, 0.1) is 5.56 Å². The van der Waals surface area contributed by atoms with E-state index in [-0.39, 0.29) is 11.5 Å². The summed E-state index contributed by atoms with van der Waals surface area (Å²) in [5, 5.41) is 0. The molecule has 0 amide bonds. The predicted molar refractivity (Wildman–Crippen MR) is 130 cm³/mol. The zero-order valence-corrected chi connectivity index (χ0v) is 20.7. The molecule has 198 valence electrons. The number of rotatable bonds is 6. The molecule has 4 unspecified atom stereocenters. The molecule has 0 aromatic heterocycles. The van der Waals surface area contributed by atoms with E-state index in [4.69, 9.17) is 0 Å². The van der Waals surface area contributed by atoms with Gasteiger partial charge in [-0.25, -0.2) is 17.6 Å². The monoisotopic (exact) mass is 520 g/mol. The Morgan fingerprint density at radius 3 is 2.16 bits per heavy atom. The molecule has 2 saturated carbocycles. The highest BCUT2D eigenvalue weighted by Gasteiger charge is 2.36. The molecule has 0 N–H and O–H groups in total. The van der Waals surface area contributed by atoms with Crippen LogP contribution in [-0.4, -0.2) is 6.61 Å². The average Bonchev–Trinajstić information content (AvgIpc) is 2.85. The Hall–Kier alpha value is -2.88. The van der Waals surface area contributed by atoms with Crippen molar-refractivity contribution in [2.24, 2.45) is 17.8 Å². The molecule has 4 atom stereocenters. The minimum absolute atomic E-state index is 0.0809. The van der Waals surface area contributed by atoms with E-state index in [2.05, 4.69) is 28.7 Å². The standard InChI is InChI=1S/C30H30F6O/c1-2-3-4-5-18-6-8-21-15-22(10-9-20(21)12-18)23-16-25(31)24(26(32)17-23)11-7-19-13-27(33)29(28(34)14-19)37-30(35)36/h2-3,13-14,16-18,20-22,30H,4-6,8-10,12,15H2,1H3/b3-2+. The summed E-state index contributed by atoms with van der Waals surface area (Å²) in [5.74, 6) is 1.00. The topological polar surface area (TPSA) is 9.23 Å². The van der Waals surface area contributed by atoms with Crippen molar-refractivity contribution in [3.05, 3.63) is 76.4 Å². The Kier molecular flexibility index (Phi) is 8.89. The molecule has 2 fully saturated rings. The first-order valence-corrected chi connectivity index (χ1v) is 12.8. The fourth-order valence-corrected chi connectivity index (χ4v) is 5.97. The van der Waals surface area contributed by atoms with Crippen LogP contribution in [0.15, 0.2) is 36.4 Å². The second kappa shape index (κ2) is 12.1. The van der Waals surface area contributed by atoms with Crippen molar-refractivity contribution >= 4 is 0 Å². The van der Waals surface area contributed by atoms with Crippen LogP contribution in [0.1, 0.15) is 80.9 Å². The van der Waals surface area contributed by atoms with Crippen LogP contribution in [0.5, 0.6) is 5.75 Å². The second-order valence-corrected chi connectivity index (χ2v) is 10.1. The van der Waals surface area contributed by atoms with Gasteiger partial charge in [-0.1, -0.05) is 30.4 Å². The zero-order chi connectivity index (χ0) is 26.5. The van der Waals surface area contributed by atoms with Gasteiger partial charge in [0.2, 0.25) is 0 Å². The molecule has 0 saturated heterocycles. The fourth-order valence-electron chi connectivity index (χ4n) is 5.97. The molecule has 0 aliphatic heterocycles. The van der Waals surface area contributed by atoms with Gasteiger partial charge in [0.25, 0.3) is 0 Å². The average molecular weight is 521 g/mol. The maximum atomic E-state index is 14.9. The van der Waals surface area contributed by atoms with E-state index in [1.165, 1.54) is 31.4 Å². The second-order valence-electron chi connectivity index (χ2n) is 10.1. The molecule has 2 aliphatic carbocycles. The van der Waals surface area contributed by atoms with Crippen LogP contribution >= 0.6 is 0 Å². The van der Waals surface area contributed by atoms with Crippen molar-refractivity contribution in [3.8, 4) is 17.6 Å². The van der Waals surface area contributed by atoms with E-state index < -0.39 is 41.2 Å². The lowest BCUT2D eigenvalue weighted by Crippen LogP contribution is -2.30. The third-order valence-corrected chi connectivity index (χ3v) is 7.77. The minimum atomic E-state index is -3.40. The number of halogens is 6. The molecule has 2 aromatic carbocycles. The maximum absolute atomic E-state index is 14.9. The Balaban J connectivity index is 1.44. The molecule has 0 bridgehead atoms. The summed E-state index contributed by atoms with van der Waals surface area (Å²) in [6.45, 7) is -1.36. The van der Waals surface area contributed by atoms with E-state index in [0.717, 1.165) is 38.0 Å². The lowest BCUT2D eigenvalue weighted by molar-refractivity contribution is -0.0546. The van der Waals surface area contributed by atoms with Gasteiger partial charge in [-0.3, -0.25) is 0 Å². The first-order valence-electron chi connectivity index (χ1n) is 12.8. The van der Waals surface area contributed by atoms with E-state index >= 15 is 0 Å². The zero-order valence-electron chi connectivity index (χ0n) is 20.7. The Morgan fingerprint density at radius 1 is 0.865 bits per heavy atom. The normalized spacial score (nSPS) is 23.6. The van der Waals surface area contributed by atoms with Gasteiger partial charge in [-0.05, 0) is 105 Å². The van der Waals surface area contributed by atoms with Gasteiger partial charge in [0.1, 0.15) is 11.6 Å². The summed E-state index contributed by atoms with van der Waals surface area (Å²) < 4.78 is 85.9. The third-order valence-electron chi connectivity index (χ3n) is 7.77. The number of fused-ring (bicyclic) bond motifs is 1. The van der Waals surface area contributed by atoms with E-state index in [0.29, 0.717) is 29.5 Å². The number of benzene rings is 2. The van der Waals surface area contributed by atoms with Crippen LogP contribution < -0.4 is 4.74 Å². The summed E-state index contributed by atoms with van der Waals surface area (Å²) >= 11 is 0. The first-order chi connectivity index (χ1) is 17.7. The highest BCUT2D eigenvalue weighted by atomic mass is 19.3. The van der Waals surface area contributed by atoms with Crippen molar-refractivity contribution in [1.82, 2.24) is 0 Å². The van der Waals surface area contributed by atoms with E-state index in [1.54, 1.807) is 0 Å². The molecular formula is C30H30F6O. The lowest BCUT2D eigenvalue weighted by Gasteiger charge is -2.42. The number of ether oxygens (including phenoxy) is 1. The minimum Gasteiger partial charge on any atom is -0.429 e. The largest absolute Gasteiger partial charge is 0.429 e. The van der Waals surface area contributed by atoms with Crippen molar-refractivity contribution in [3.63, 3.8) is 0 Å². The summed E-state index contributed by atoms with van der Waals surface area (Å²) in [5.41, 5.74) is -0.160. The highest BCUT2D eigenvalue weighted by molar-refractivity contribution is 5.47. The summed E-state index contributed by atoms with van der Waals surface area (Å²) in [6, 6.07) is 3.96. The Labute approximate surface area is 213 Å². The molecule has 0 heterocycles. The molecule has 2 aliphatic rings. The van der Waals surface area contributed by atoms with Crippen molar-refractivity contribution < 1.29 is 31.1 Å². The molecule has 0 spiro atoms. The molecular weight excluding hydrogens is 490 g/mol. The quantitative estimate of drug-likeness (QED) is 0.210. The smallest absolute Gasteiger partial charge is 0.387 e. The van der Waals surface area contributed by atoms with Crippen LogP contribution in [0.4, 0.5) is 26.3 Å². The van der Waals surface area contributed by atoms with Gasteiger partial charge in [0, 0.05) is 5.56 Å². The molecule has 1 nitrogen and oxygen atoms in total. The van der Waals surface area contributed by atoms with E-state index in [1.807, 2.05) is 6.92 Å². The SMILES string of the molecule is C/C=C/CCC1CCC2CC(c3cc(F)c(C#Cc4cc(F)c(OC(F)F)c(F)c4)c(F)c3)CCC2C1.